The van der Waals surface area contributed by atoms with Crippen LogP contribution in [0, 0.1) is 6.92 Å². The first-order valence-corrected chi connectivity index (χ1v) is 15.9. The van der Waals surface area contributed by atoms with Gasteiger partial charge in [0.15, 0.2) is 5.78 Å². The highest BCUT2D eigenvalue weighted by Gasteiger charge is 2.57. The van der Waals surface area contributed by atoms with Crippen molar-refractivity contribution in [3.63, 3.8) is 0 Å². The van der Waals surface area contributed by atoms with Gasteiger partial charge in [0, 0.05) is 38.7 Å². The molecule has 0 radical (unpaired) electrons. The number of hydrogen-bond acceptors (Lipinski definition) is 4. The Bertz CT molecular complexity index is 1130. The smallest absolute Gasteiger partial charge is 0.320 e. The number of ketones is 3. The Kier molecular flexibility index (Phi) is 15.2. The number of unbranched alkanes of at least 4 members (excludes halogenated alkanes) is 12. The standard InChI is InChI=1S/C36H52N2O4/c1-6-7-8-9-10-11-12-13-14-15-16-17-21-24-32(39)36(38(5)35(42)37(3)4,33(40)30-22-19-18-20-23-30)34(41)31-27-25-29(2)26-28-31/h18-20,22-23,25-28H,6-17,21,24H2,1-5H3. The van der Waals surface area contributed by atoms with Crippen LogP contribution < -0.4 is 0 Å². The summed E-state index contributed by atoms with van der Waals surface area (Å²) in [6.07, 6.45) is 15.2. The third-order valence-corrected chi connectivity index (χ3v) is 8.09. The number of Topliss-reactive ketones (excluding diaryl/α,β-unsaturated/α-hetero) is 3. The minimum Gasteiger partial charge on any atom is -0.331 e. The number of urea groups is 1. The fourth-order valence-electron chi connectivity index (χ4n) is 5.49. The highest BCUT2D eigenvalue weighted by Crippen LogP contribution is 2.30. The van der Waals surface area contributed by atoms with Crippen LogP contribution in [0.4, 0.5) is 4.79 Å². The number of carbonyl (C=O) groups is 4. The first-order valence-electron chi connectivity index (χ1n) is 15.9. The summed E-state index contributed by atoms with van der Waals surface area (Å²) in [5, 5.41) is 0. The number of benzene rings is 2. The van der Waals surface area contributed by atoms with Crippen LogP contribution >= 0.6 is 0 Å². The number of rotatable bonds is 20. The third-order valence-electron chi connectivity index (χ3n) is 8.09. The van der Waals surface area contributed by atoms with Gasteiger partial charge < -0.3 is 9.80 Å². The summed E-state index contributed by atoms with van der Waals surface area (Å²) in [5.74, 6) is -1.89. The van der Waals surface area contributed by atoms with Gasteiger partial charge >= 0.3 is 6.03 Å². The molecule has 6 nitrogen and oxygen atoms in total. The van der Waals surface area contributed by atoms with Crippen molar-refractivity contribution in [2.75, 3.05) is 21.1 Å². The maximum Gasteiger partial charge on any atom is 0.320 e. The molecule has 1 atom stereocenters. The Balaban J connectivity index is 2.17. The highest BCUT2D eigenvalue weighted by atomic mass is 16.2. The lowest BCUT2D eigenvalue weighted by molar-refractivity contribution is -0.124. The van der Waals surface area contributed by atoms with Gasteiger partial charge in [-0.3, -0.25) is 14.4 Å². The second-order valence-electron chi connectivity index (χ2n) is 11.8. The largest absolute Gasteiger partial charge is 0.331 e. The van der Waals surface area contributed by atoms with E-state index >= 15 is 0 Å². The van der Waals surface area contributed by atoms with E-state index in [1.807, 2.05) is 6.92 Å². The summed E-state index contributed by atoms with van der Waals surface area (Å²) < 4.78 is 0. The predicted octanol–water partition coefficient (Wildman–Crippen LogP) is 8.46. The van der Waals surface area contributed by atoms with Crippen molar-refractivity contribution in [2.45, 2.75) is 109 Å². The van der Waals surface area contributed by atoms with E-state index in [0.717, 1.165) is 29.7 Å². The molecule has 0 aliphatic carbocycles. The zero-order chi connectivity index (χ0) is 31.0. The molecule has 2 aromatic carbocycles. The molecule has 42 heavy (non-hydrogen) atoms. The minimum absolute atomic E-state index is 0.0407. The van der Waals surface area contributed by atoms with Gasteiger partial charge in [-0.15, -0.1) is 0 Å². The summed E-state index contributed by atoms with van der Waals surface area (Å²) in [6.45, 7) is 4.14. The Labute approximate surface area is 253 Å². The topological polar surface area (TPSA) is 74.8 Å². The molecule has 6 heteroatoms. The van der Waals surface area contributed by atoms with Crippen LogP contribution in [-0.4, -0.2) is 59.9 Å². The van der Waals surface area contributed by atoms with Crippen molar-refractivity contribution in [2.24, 2.45) is 0 Å². The first kappa shape index (κ1) is 34.9. The zero-order valence-corrected chi connectivity index (χ0v) is 26.6. The van der Waals surface area contributed by atoms with Gasteiger partial charge in [0.25, 0.3) is 0 Å². The number of likely N-dealkylation sites (N-methyl/N-ethyl adjacent to an activating group) is 1. The van der Waals surface area contributed by atoms with Crippen molar-refractivity contribution in [3.8, 4) is 0 Å². The summed E-state index contributed by atoms with van der Waals surface area (Å²) >= 11 is 0. The van der Waals surface area contributed by atoms with Crippen molar-refractivity contribution < 1.29 is 19.2 Å². The van der Waals surface area contributed by atoms with Gasteiger partial charge in [-0.05, 0) is 13.3 Å². The van der Waals surface area contributed by atoms with E-state index in [1.165, 1.54) is 69.7 Å². The minimum atomic E-state index is -2.30. The summed E-state index contributed by atoms with van der Waals surface area (Å²) in [6, 6.07) is 14.5. The van der Waals surface area contributed by atoms with E-state index in [9.17, 15) is 19.2 Å². The van der Waals surface area contributed by atoms with E-state index in [2.05, 4.69) is 6.92 Å². The SMILES string of the molecule is CCCCCCCCCCCCCCCC(=O)C(C(=O)c1ccccc1)(C(=O)c1ccc(C)cc1)N(C)C(=O)N(C)C. The molecule has 0 aliphatic rings. The lowest BCUT2D eigenvalue weighted by Gasteiger charge is -2.39. The predicted molar refractivity (Wildman–Crippen MR) is 171 cm³/mol. The molecule has 0 saturated heterocycles. The second kappa shape index (κ2) is 18.3. The van der Waals surface area contributed by atoms with E-state index in [1.54, 1.807) is 68.7 Å². The number of nitrogens with zero attached hydrogens (tertiary/aromatic N) is 2. The summed E-state index contributed by atoms with van der Waals surface area (Å²) in [7, 11) is 4.48. The molecule has 2 aromatic rings. The number of amides is 2. The van der Waals surface area contributed by atoms with Gasteiger partial charge in [-0.1, -0.05) is 144 Å². The van der Waals surface area contributed by atoms with Crippen LogP contribution in [0.1, 0.15) is 123 Å². The van der Waals surface area contributed by atoms with Crippen molar-refractivity contribution in [1.82, 2.24) is 9.80 Å². The monoisotopic (exact) mass is 576 g/mol. The zero-order valence-electron chi connectivity index (χ0n) is 26.6. The molecular formula is C36H52N2O4. The molecule has 0 fully saturated rings. The summed E-state index contributed by atoms with van der Waals surface area (Å²) in [4.78, 5) is 58.3. The average molecular weight is 577 g/mol. The molecular weight excluding hydrogens is 524 g/mol. The molecule has 2 rings (SSSR count). The molecule has 230 valence electrons. The fraction of sp³-hybridized carbons (Fsp3) is 0.556. The maximum atomic E-state index is 14.3. The Hall–Kier alpha value is -3.28. The van der Waals surface area contributed by atoms with Gasteiger partial charge in [0.1, 0.15) is 0 Å². The molecule has 0 aromatic heterocycles. The average Bonchev–Trinajstić information content (AvgIpc) is 2.99. The van der Waals surface area contributed by atoms with Gasteiger partial charge in [0.2, 0.25) is 17.1 Å². The van der Waals surface area contributed by atoms with Gasteiger partial charge in [-0.2, -0.15) is 0 Å². The molecule has 1 unspecified atom stereocenters. The van der Waals surface area contributed by atoms with Crippen LogP contribution in [0.2, 0.25) is 0 Å². The van der Waals surface area contributed by atoms with E-state index in [-0.39, 0.29) is 17.5 Å². The fourth-order valence-corrected chi connectivity index (χ4v) is 5.49. The number of hydrogen-bond donors (Lipinski definition) is 0. The van der Waals surface area contributed by atoms with Crippen molar-refractivity contribution in [1.29, 1.82) is 0 Å². The highest BCUT2D eigenvalue weighted by molar-refractivity contribution is 6.37. The van der Waals surface area contributed by atoms with Crippen molar-refractivity contribution >= 4 is 23.4 Å². The molecule has 2 amide bonds. The molecule has 0 spiro atoms. The Morgan fingerprint density at radius 2 is 1.02 bits per heavy atom. The normalized spacial score (nSPS) is 12.4. The van der Waals surface area contributed by atoms with Crippen molar-refractivity contribution in [3.05, 3.63) is 71.3 Å². The molecule has 0 bridgehead atoms. The second-order valence-corrected chi connectivity index (χ2v) is 11.8. The van der Waals surface area contributed by atoms with Gasteiger partial charge in [-0.25, -0.2) is 4.79 Å². The summed E-state index contributed by atoms with van der Waals surface area (Å²) in [5.41, 5.74) is -0.908. The van der Waals surface area contributed by atoms with Crippen LogP contribution in [0.15, 0.2) is 54.6 Å². The van der Waals surface area contributed by atoms with Crippen LogP contribution in [0.3, 0.4) is 0 Å². The van der Waals surface area contributed by atoms with Crippen LogP contribution in [0.5, 0.6) is 0 Å². The number of aryl methyl sites for hydroxylation is 1. The first-order chi connectivity index (χ1) is 20.2. The van der Waals surface area contributed by atoms with Gasteiger partial charge in [0.05, 0.1) is 0 Å². The van der Waals surface area contributed by atoms with E-state index in [0.29, 0.717) is 6.42 Å². The third kappa shape index (κ3) is 9.64. The maximum absolute atomic E-state index is 14.3. The Morgan fingerprint density at radius 3 is 1.48 bits per heavy atom. The van der Waals surface area contributed by atoms with Crippen LogP contribution in [0.25, 0.3) is 0 Å². The lowest BCUT2D eigenvalue weighted by Crippen LogP contribution is -2.66. The van der Waals surface area contributed by atoms with E-state index in [4.69, 9.17) is 0 Å². The number of carbonyl (C=O) groups excluding carboxylic acids is 4. The quantitative estimate of drug-likeness (QED) is 0.0900. The lowest BCUT2D eigenvalue weighted by atomic mass is 9.76. The van der Waals surface area contributed by atoms with Crippen LogP contribution in [-0.2, 0) is 4.79 Å². The molecule has 0 N–H and O–H groups in total. The molecule has 0 saturated carbocycles. The molecule has 0 heterocycles. The molecule has 0 aliphatic heterocycles. The Morgan fingerprint density at radius 1 is 0.595 bits per heavy atom. The van der Waals surface area contributed by atoms with E-state index < -0.39 is 28.9 Å².